The number of benzene rings is 1. The van der Waals surface area contributed by atoms with Crippen LogP contribution in [-0.4, -0.2) is 5.88 Å². The molecule has 1 aromatic carbocycles. The van der Waals surface area contributed by atoms with Crippen LogP contribution < -0.4 is 0 Å². The maximum Gasteiger partial charge on any atom is 0.417 e. The van der Waals surface area contributed by atoms with Crippen molar-refractivity contribution in [2.75, 3.05) is 5.88 Å². The summed E-state index contributed by atoms with van der Waals surface area (Å²) in [5, 5.41) is 0. The Hall–Kier alpha value is -1.35. The summed E-state index contributed by atoms with van der Waals surface area (Å²) in [6.07, 6.45) is -9.81. The molecule has 0 fully saturated rings. The molecule has 0 heterocycles. The first-order valence-electron chi connectivity index (χ1n) is 4.50. The zero-order chi connectivity index (χ0) is 14.0. The summed E-state index contributed by atoms with van der Waals surface area (Å²) >= 11 is 5.15. The molecule has 0 atom stereocenters. The van der Waals surface area contributed by atoms with Crippen molar-refractivity contribution < 1.29 is 26.3 Å². The van der Waals surface area contributed by atoms with E-state index in [0.29, 0.717) is 18.2 Å². The minimum Gasteiger partial charge on any atom is -0.166 e. The van der Waals surface area contributed by atoms with Gasteiger partial charge in [0.1, 0.15) is 0 Å². The lowest BCUT2D eigenvalue weighted by molar-refractivity contribution is -0.143. The minimum atomic E-state index is -4.91. The van der Waals surface area contributed by atoms with Crippen LogP contribution in [0.25, 0.3) is 0 Å². The van der Waals surface area contributed by atoms with Crippen molar-refractivity contribution in [2.24, 2.45) is 0 Å². The Kier molecular flexibility index (Phi) is 4.17. The van der Waals surface area contributed by atoms with Gasteiger partial charge in [-0.05, 0) is 12.1 Å². The third kappa shape index (κ3) is 3.33. The summed E-state index contributed by atoms with van der Waals surface area (Å²) in [7, 11) is 0. The first-order valence-corrected chi connectivity index (χ1v) is 5.03. The predicted octanol–water partition coefficient (Wildman–Crippen LogP) is 4.31. The number of halogens is 7. The fraction of sp³-hybridized carbons (Fsp3) is 0.273. The Morgan fingerprint density at radius 1 is 0.944 bits per heavy atom. The monoisotopic (exact) mass is 286 g/mol. The van der Waals surface area contributed by atoms with Crippen molar-refractivity contribution in [3.05, 3.63) is 34.9 Å². The maximum absolute atomic E-state index is 12.6. The normalized spacial score (nSPS) is 11.9. The van der Waals surface area contributed by atoms with Crippen molar-refractivity contribution in [1.82, 2.24) is 0 Å². The van der Waals surface area contributed by atoms with E-state index in [-0.39, 0.29) is 5.88 Å². The number of rotatable bonds is 0. The van der Waals surface area contributed by atoms with Crippen LogP contribution in [-0.2, 0) is 12.4 Å². The fourth-order valence-corrected chi connectivity index (χ4v) is 1.35. The highest BCUT2D eigenvalue weighted by atomic mass is 35.5. The fourth-order valence-electron chi connectivity index (χ4n) is 1.28. The molecule has 7 heteroatoms. The highest BCUT2D eigenvalue weighted by Crippen LogP contribution is 2.38. The molecule has 0 aromatic heterocycles. The summed E-state index contributed by atoms with van der Waals surface area (Å²) in [5.74, 6) is 3.47. The Morgan fingerprint density at radius 3 is 1.72 bits per heavy atom. The smallest absolute Gasteiger partial charge is 0.166 e. The first-order chi connectivity index (χ1) is 8.18. The molecule has 0 aliphatic rings. The topological polar surface area (TPSA) is 0 Å². The van der Waals surface area contributed by atoms with E-state index in [1.165, 1.54) is 0 Å². The summed E-state index contributed by atoms with van der Waals surface area (Å²) in [4.78, 5) is 0. The van der Waals surface area contributed by atoms with Crippen LogP contribution in [0.15, 0.2) is 18.2 Å². The molecule has 1 aromatic rings. The molecule has 0 spiro atoms. The molecule has 1 rings (SSSR count). The lowest BCUT2D eigenvalue weighted by Crippen LogP contribution is -2.14. The average molecular weight is 287 g/mol. The van der Waals surface area contributed by atoms with Gasteiger partial charge >= 0.3 is 12.4 Å². The van der Waals surface area contributed by atoms with Gasteiger partial charge in [-0.15, -0.1) is 11.6 Å². The van der Waals surface area contributed by atoms with E-state index in [0.717, 1.165) is 0 Å². The quantitative estimate of drug-likeness (QED) is 0.379. The summed E-state index contributed by atoms with van der Waals surface area (Å²) < 4.78 is 75.5. The van der Waals surface area contributed by atoms with Gasteiger partial charge in [-0.2, -0.15) is 26.3 Å². The molecule has 0 bridgehead atoms. The molecule has 98 valence electrons. The van der Waals surface area contributed by atoms with Gasteiger partial charge in [-0.1, -0.05) is 17.9 Å². The predicted molar refractivity (Wildman–Crippen MR) is 54.0 cm³/mol. The van der Waals surface area contributed by atoms with Crippen LogP contribution in [0.5, 0.6) is 0 Å². The highest BCUT2D eigenvalue weighted by molar-refractivity contribution is 6.19. The van der Waals surface area contributed by atoms with Gasteiger partial charge in [0, 0.05) is 5.56 Å². The van der Waals surface area contributed by atoms with Gasteiger partial charge in [0.05, 0.1) is 17.0 Å². The summed E-state index contributed by atoms with van der Waals surface area (Å²) in [5.41, 5.74) is -3.94. The molecule has 0 amide bonds. The van der Waals surface area contributed by atoms with Crippen LogP contribution in [0, 0.1) is 11.8 Å². The Bertz CT molecular complexity index is 457. The Labute approximate surface area is 104 Å². The second-order valence-electron chi connectivity index (χ2n) is 3.16. The van der Waals surface area contributed by atoms with Crippen LogP contribution in [0.1, 0.15) is 16.7 Å². The van der Waals surface area contributed by atoms with Gasteiger partial charge in [-0.25, -0.2) is 0 Å². The van der Waals surface area contributed by atoms with Crippen LogP contribution in [0.2, 0.25) is 0 Å². The molecule has 0 aliphatic heterocycles. The van der Waals surface area contributed by atoms with E-state index in [4.69, 9.17) is 11.6 Å². The van der Waals surface area contributed by atoms with Gasteiger partial charge in [0.2, 0.25) is 0 Å². The van der Waals surface area contributed by atoms with Crippen molar-refractivity contribution >= 4 is 11.6 Å². The van der Waals surface area contributed by atoms with E-state index < -0.39 is 29.0 Å². The second kappa shape index (κ2) is 5.11. The molecule has 0 nitrogen and oxygen atoms in total. The van der Waals surface area contributed by atoms with Crippen LogP contribution in [0.4, 0.5) is 26.3 Å². The van der Waals surface area contributed by atoms with E-state index in [1.54, 1.807) is 0 Å². The SMILES string of the molecule is FC(F)(F)c1cccc(C(F)(F)F)c1C#CCCl. The lowest BCUT2D eigenvalue weighted by Gasteiger charge is -2.14. The molecule has 0 saturated heterocycles. The third-order valence-electron chi connectivity index (χ3n) is 1.96. The van der Waals surface area contributed by atoms with Gasteiger partial charge in [0.15, 0.2) is 0 Å². The molecule has 0 radical (unpaired) electrons. The number of alkyl halides is 7. The Balaban J connectivity index is 3.56. The lowest BCUT2D eigenvalue weighted by atomic mass is 10.0. The van der Waals surface area contributed by atoms with E-state index in [1.807, 2.05) is 11.8 Å². The first kappa shape index (κ1) is 14.7. The average Bonchev–Trinajstić information content (AvgIpc) is 2.23. The standard InChI is InChI=1S/C11H5ClF6/c12-6-2-3-7-8(10(13,14)15)4-1-5-9(7)11(16,17)18/h1,4-5H,6H2. The van der Waals surface area contributed by atoms with Gasteiger partial charge < -0.3 is 0 Å². The second-order valence-corrected chi connectivity index (χ2v) is 3.43. The van der Waals surface area contributed by atoms with E-state index in [2.05, 4.69) is 0 Å². The maximum atomic E-state index is 12.6. The molecule has 0 aliphatic carbocycles. The number of hydrogen-bond donors (Lipinski definition) is 0. The Morgan fingerprint density at radius 2 is 1.39 bits per heavy atom. The zero-order valence-electron chi connectivity index (χ0n) is 8.58. The molecule has 0 N–H and O–H groups in total. The van der Waals surface area contributed by atoms with Crippen LogP contribution >= 0.6 is 11.6 Å². The van der Waals surface area contributed by atoms with Gasteiger partial charge in [-0.3, -0.25) is 0 Å². The summed E-state index contributed by atoms with van der Waals surface area (Å²) in [6.45, 7) is 0. The van der Waals surface area contributed by atoms with Crippen molar-refractivity contribution in [1.29, 1.82) is 0 Å². The van der Waals surface area contributed by atoms with Crippen LogP contribution in [0.3, 0.4) is 0 Å². The molecular weight excluding hydrogens is 282 g/mol. The van der Waals surface area contributed by atoms with Crippen molar-refractivity contribution in [2.45, 2.75) is 12.4 Å². The molecule has 0 saturated carbocycles. The molecule has 18 heavy (non-hydrogen) atoms. The minimum absolute atomic E-state index is 0.358. The van der Waals surface area contributed by atoms with Gasteiger partial charge in [0.25, 0.3) is 0 Å². The molecular formula is C11H5ClF6. The van der Waals surface area contributed by atoms with E-state index >= 15 is 0 Å². The zero-order valence-corrected chi connectivity index (χ0v) is 9.34. The largest absolute Gasteiger partial charge is 0.417 e. The van der Waals surface area contributed by atoms with E-state index in [9.17, 15) is 26.3 Å². The number of hydrogen-bond acceptors (Lipinski definition) is 0. The summed E-state index contributed by atoms with van der Waals surface area (Å²) in [6, 6.07) is 1.79. The van der Waals surface area contributed by atoms with Crippen molar-refractivity contribution in [3.63, 3.8) is 0 Å². The van der Waals surface area contributed by atoms with Crippen molar-refractivity contribution in [3.8, 4) is 11.8 Å². The third-order valence-corrected chi connectivity index (χ3v) is 2.09. The highest BCUT2D eigenvalue weighted by Gasteiger charge is 2.40. The molecule has 0 unspecified atom stereocenters.